The van der Waals surface area contributed by atoms with Gasteiger partial charge in [0.1, 0.15) is 5.82 Å². The van der Waals surface area contributed by atoms with Crippen molar-refractivity contribution in [1.29, 1.82) is 0 Å². The van der Waals surface area contributed by atoms with Gasteiger partial charge in [-0.3, -0.25) is 4.79 Å². The highest BCUT2D eigenvalue weighted by Crippen LogP contribution is 2.32. The molecule has 0 amide bonds. The third kappa shape index (κ3) is 3.38. The van der Waals surface area contributed by atoms with Crippen LogP contribution in [-0.2, 0) is 4.79 Å². The Balaban J connectivity index is 2.47. The molecule has 1 saturated heterocycles. The number of carbonyl (C=O) groups excluding carboxylic acids is 1. The minimum Gasteiger partial charge on any atom is -0.314 e. The number of aryl methyl sites for hydroxylation is 1. The highest BCUT2D eigenvalue weighted by atomic mass is 35.5. The Kier molecular flexibility index (Phi) is 5.34. The summed E-state index contributed by atoms with van der Waals surface area (Å²) >= 11 is 6.10. The van der Waals surface area contributed by atoms with Crippen molar-refractivity contribution in [2.45, 2.75) is 25.3 Å². The lowest BCUT2D eigenvalue weighted by molar-refractivity contribution is -0.113. The Morgan fingerprint density at radius 1 is 1.45 bits per heavy atom. The molecule has 1 aromatic rings. The van der Waals surface area contributed by atoms with Crippen LogP contribution in [0.5, 0.6) is 0 Å². The maximum atomic E-state index is 14.4. The second-order valence-electron chi connectivity index (χ2n) is 5.63. The van der Waals surface area contributed by atoms with Crippen LogP contribution >= 0.6 is 11.6 Å². The molecule has 0 atom stereocenters. The molecule has 0 aromatic heterocycles. The van der Waals surface area contributed by atoms with E-state index in [1.165, 1.54) is 5.06 Å². The van der Waals surface area contributed by atoms with E-state index >= 15 is 0 Å². The lowest BCUT2D eigenvalue weighted by Crippen LogP contribution is -2.50. The number of carbonyl (C=O) groups is 1. The van der Waals surface area contributed by atoms with E-state index in [1.807, 2.05) is 0 Å². The van der Waals surface area contributed by atoms with Gasteiger partial charge < -0.3 is 10.5 Å². The summed E-state index contributed by atoms with van der Waals surface area (Å²) in [4.78, 5) is 11.5. The predicted molar refractivity (Wildman–Crippen MR) is 84.6 cm³/mol. The van der Waals surface area contributed by atoms with Gasteiger partial charge in [0.15, 0.2) is 6.29 Å². The zero-order valence-corrected chi connectivity index (χ0v) is 13.5. The van der Waals surface area contributed by atoms with Crippen LogP contribution in [0.3, 0.4) is 0 Å². The molecule has 2 rings (SSSR count). The lowest BCUT2D eigenvalue weighted by atomic mass is 9.85. The van der Waals surface area contributed by atoms with Crippen molar-refractivity contribution < 1.29 is 14.4 Å². The van der Waals surface area contributed by atoms with E-state index in [1.54, 1.807) is 32.2 Å². The van der Waals surface area contributed by atoms with Crippen LogP contribution < -0.4 is 5.32 Å². The summed E-state index contributed by atoms with van der Waals surface area (Å²) in [6.07, 6.45) is 3.59. The number of benzene rings is 1. The molecule has 1 aromatic carbocycles. The Labute approximate surface area is 134 Å². The van der Waals surface area contributed by atoms with Gasteiger partial charge in [0.2, 0.25) is 0 Å². The van der Waals surface area contributed by atoms with E-state index in [-0.39, 0.29) is 16.2 Å². The first kappa shape index (κ1) is 17.1. The van der Waals surface area contributed by atoms with Gasteiger partial charge in [-0.05, 0) is 38.4 Å². The molecule has 2 N–H and O–H groups in total. The molecule has 0 unspecified atom stereocenters. The SMILES string of the molecule is CNC1(/C=C(\C=O)c2c(Cl)ccc(C)c2F)CCN(O)CC1. The predicted octanol–water partition coefficient (Wildman–Crippen LogP) is 2.81. The first-order chi connectivity index (χ1) is 10.4. The monoisotopic (exact) mass is 326 g/mol. The van der Waals surface area contributed by atoms with Gasteiger partial charge in [-0.2, -0.15) is 5.06 Å². The molecule has 4 nitrogen and oxygen atoms in total. The maximum absolute atomic E-state index is 14.4. The van der Waals surface area contributed by atoms with E-state index < -0.39 is 11.4 Å². The zero-order valence-electron chi connectivity index (χ0n) is 12.7. The molecule has 0 aliphatic carbocycles. The molecule has 0 radical (unpaired) electrons. The average Bonchev–Trinajstić information content (AvgIpc) is 2.52. The molecule has 1 aliphatic heterocycles. The number of hydroxylamine groups is 2. The van der Waals surface area contributed by atoms with E-state index in [2.05, 4.69) is 5.32 Å². The summed E-state index contributed by atoms with van der Waals surface area (Å²) in [6, 6.07) is 3.18. The second kappa shape index (κ2) is 6.87. The number of allylic oxidation sites excluding steroid dienone is 1. The number of halogens is 2. The molecule has 0 spiro atoms. The summed E-state index contributed by atoms with van der Waals surface area (Å²) in [5, 5.41) is 14.1. The minimum atomic E-state index is -0.475. The van der Waals surface area contributed by atoms with Crippen LogP contribution in [0.2, 0.25) is 5.02 Å². The van der Waals surface area contributed by atoms with Crippen molar-refractivity contribution in [2.75, 3.05) is 20.1 Å². The fraction of sp³-hybridized carbons (Fsp3) is 0.438. The Bertz CT molecular complexity index is 596. The van der Waals surface area contributed by atoms with Gasteiger partial charge in [-0.1, -0.05) is 23.7 Å². The quantitative estimate of drug-likeness (QED) is 0.660. The lowest BCUT2D eigenvalue weighted by Gasteiger charge is -2.38. The molecular formula is C16H20ClFN2O2. The van der Waals surface area contributed by atoms with Crippen molar-refractivity contribution in [2.24, 2.45) is 0 Å². The van der Waals surface area contributed by atoms with Crippen LogP contribution in [0.1, 0.15) is 24.0 Å². The van der Waals surface area contributed by atoms with Crippen molar-refractivity contribution in [1.82, 2.24) is 10.4 Å². The van der Waals surface area contributed by atoms with Crippen molar-refractivity contribution >= 4 is 23.5 Å². The van der Waals surface area contributed by atoms with Crippen LogP contribution in [0.4, 0.5) is 4.39 Å². The summed E-state index contributed by atoms with van der Waals surface area (Å²) in [5.41, 5.74) is 0.343. The fourth-order valence-electron chi connectivity index (χ4n) is 2.74. The second-order valence-corrected chi connectivity index (χ2v) is 6.04. The molecule has 1 fully saturated rings. The van der Waals surface area contributed by atoms with Gasteiger partial charge in [0.05, 0.1) is 5.02 Å². The molecule has 1 heterocycles. The van der Waals surface area contributed by atoms with E-state index in [9.17, 15) is 14.4 Å². The number of rotatable bonds is 4. The smallest absolute Gasteiger partial charge is 0.150 e. The summed E-state index contributed by atoms with van der Waals surface area (Å²) in [7, 11) is 1.79. The van der Waals surface area contributed by atoms with Gasteiger partial charge >= 0.3 is 0 Å². The zero-order chi connectivity index (χ0) is 16.3. The Morgan fingerprint density at radius 2 is 2.09 bits per heavy atom. The van der Waals surface area contributed by atoms with Crippen LogP contribution in [-0.4, -0.2) is 42.2 Å². The normalized spacial score (nSPS) is 19.2. The number of hydrogen-bond donors (Lipinski definition) is 2. The van der Waals surface area contributed by atoms with E-state index in [4.69, 9.17) is 11.6 Å². The summed E-state index contributed by atoms with van der Waals surface area (Å²) in [5.74, 6) is -0.475. The van der Waals surface area contributed by atoms with Crippen molar-refractivity contribution in [3.8, 4) is 0 Å². The molecule has 0 saturated carbocycles. The third-order valence-corrected chi connectivity index (χ3v) is 4.58. The third-order valence-electron chi connectivity index (χ3n) is 4.26. The van der Waals surface area contributed by atoms with E-state index in [0.29, 0.717) is 37.8 Å². The van der Waals surface area contributed by atoms with Gasteiger partial charge in [0.25, 0.3) is 0 Å². The topological polar surface area (TPSA) is 52.6 Å². The van der Waals surface area contributed by atoms with E-state index in [0.717, 1.165) is 0 Å². The molecule has 22 heavy (non-hydrogen) atoms. The highest BCUT2D eigenvalue weighted by molar-refractivity contribution is 6.33. The Hall–Kier alpha value is -1.27. The number of nitrogens with zero attached hydrogens (tertiary/aromatic N) is 1. The van der Waals surface area contributed by atoms with Crippen molar-refractivity contribution in [3.05, 3.63) is 40.2 Å². The molecule has 120 valence electrons. The number of likely N-dealkylation sites (N-methyl/N-ethyl adjacent to an activating group) is 1. The fourth-order valence-corrected chi connectivity index (χ4v) is 3.00. The van der Waals surface area contributed by atoms with Crippen LogP contribution in [0, 0.1) is 12.7 Å². The average molecular weight is 327 g/mol. The van der Waals surface area contributed by atoms with Gasteiger partial charge in [-0.15, -0.1) is 0 Å². The van der Waals surface area contributed by atoms with Crippen molar-refractivity contribution in [3.63, 3.8) is 0 Å². The first-order valence-corrected chi connectivity index (χ1v) is 7.56. The number of piperidine rings is 1. The number of hydrogen-bond acceptors (Lipinski definition) is 4. The summed E-state index contributed by atoms with van der Waals surface area (Å²) < 4.78 is 14.4. The Morgan fingerprint density at radius 3 is 2.64 bits per heavy atom. The molecule has 6 heteroatoms. The maximum Gasteiger partial charge on any atom is 0.150 e. The number of nitrogens with one attached hydrogen (secondary N) is 1. The molecule has 1 aliphatic rings. The van der Waals surface area contributed by atoms with Crippen LogP contribution in [0.25, 0.3) is 5.57 Å². The first-order valence-electron chi connectivity index (χ1n) is 7.18. The van der Waals surface area contributed by atoms with Gasteiger partial charge in [0, 0.05) is 29.8 Å². The van der Waals surface area contributed by atoms with Gasteiger partial charge in [-0.25, -0.2) is 4.39 Å². The van der Waals surface area contributed by atoms with Crippen LogP contribution in [0.15, 0.2) is 18.2 Å². The molecule has 0 bridgehead atoms. The summed E-state index contributed by atoms with van der Waals surface area (Å²) in [6.45, 7) is 2.59. The number of aldehydes is 1. The minimum absolute atomic E-state index is 0.137. The molecular weight excluding hydrogens is 307 g/mol. The largest absolute Gasteiger partial charge is 0.314 e. The highest BCUT2D eigenvalue weighted by Gasteiger charge is 2.32. The standard InChI is InChI=1S/C16H20ClFN2O2/c1-11-3-4-13(17)14(15(11)18)12(10-21)9-16(19-2)5-7-20(22)8-6-16/h3-4,9-10,19,22H,5-8H2,1-2H3/b12-9+.